The Morgan fingerprint density at radius 2 is 2.15 bits per heavy atom. The number of carbonyl (C=O) groups is 1. The van der Waals surface area contributed by atoms with E-state index in [4.69, 9.17) is 4.74 Å². The summed E-state index contributed by atoms with van der Waals surface area (Å²) in [5.74, 6) is 1.72. The maximum absolute atomic E-state index is 12.4. The highest BCUT2D eigenvalue weighted by Gasteiger charge is 2.26. The fourth-order valence-corrected chi connectivity index (χ4v) is 2.75. The lowest BCUT2D eigenvalue weighted by molar-refractivity contribution is 0.0900. The van der Waals surface area contributed by atoms with Gasteiger partial charge in [0.15, 0.2) is 5.78 Å². The third kappa shape index (κ3) is 4.06. The smallest absolute Gasteiger partial charge is 0.176 e. The highest BCUT2D eigenvalue weighted by molar-refractivity contribution is 9.10. The molecule has 0 aliphatic heterocycles. The first kappa shape index (κ1) is 15.5. The zero-order chi connectivity index (χ0) is 14.7. The maximum atomic E-state index is 12.4. The van der Waals surface area contributed by atoms with Crippen molar-refractivity contribution >= 4 is 21.7 Å². The van der Waals surface area contributed by atoms with Crippen molar-refractivity contribution in [3.63, 3.8) is 0 Å². The minimum absolute atomic E-state index is 0.169. The Balaban J connectivity index is 2.03. The average Bonchev–Trinajstić information content (AvgIpc) is 3.21. The van der Waals surface area contributed by atoms with Gasteiger partial charge in [0.1, 0.15) is 5.75 Å². The van der Waals surface area contributed by atoms with Gasteiger partial charge in [-0.1, -0.05) is 0 Å². The van der Waals surface area contributed by atoms with Crippen LogP contribution in [0.4, 0.5) is 0 Å². The van der Waals surface area contributed by atoms with Crippen molar-refractivity contribution in [1.29, 1.82) is 0 Å². The number of hydrogen-bond donors (Lipinski definition) is 0. The molecular formula is C16H22BrNO2. The van der Waals surface area contributed by atoms with E-state index in [0.29, 0.717) is 12.6 Å². The van der Waals surface area contributed by atoms with Gasteiger partial charge in [0.05, 0.1) is 18.1 Å². The molecule has 0 radical (unpaired) electrons. The molecule has 0 saturated heterocycles. The molecule has 1 aliphatic rings. The zero-order valence-corrected chi connectivity index (χ0v) is 13.9. The van der Waals surface area contributed by atoms with Crippen molar-refractivity contribution in [2.24, 2.45) is 5.92 Å². The predicted octanol–water partition coefficient (Wildman–Crippen LogP) is 3.76. The fourth-order valence-electron chi connectivity index (χ4n) is 2.21. The van der Waals surface area contributed by atoms with Crippen molar-refractivity contribution in [3.05, 3.63) is 28.2 Å². The molecule has 110 valence electrons. The fraction of sp³-hybridized carbons (Fsp3) is 0.562. The first-order valence-electron chi connectivity index (χ1n) is 7.12. The van der Waals surface area contributed by atoms with E-state index in [1.807, 2.05) is 18.2 Å². The van der Waals surface area contributed by atoms with Crippen LogP contribution in [0.1, 0.15) is 37.0 Å². The van der Waals surface area contributed by atoms with E-state index in [1.54, 1.807) is 7.11 Å². The van der Waals surface area contributed by atoms with Crippen LogP contribution in [0.15, 0.2) is 22.7 Å². The van der Waals surface area contributed by atoms with Crippen LogP contribution < -0.4 is 4.74 Å². The minimum Gasteiger partial charge on any atom is -0.496 e. The van der Waals surface area contributed by atoms with Crippen LogP contribution in [0.3, 0.4) is 0 Å². The third-order valence-electron chi connectivity index (χ3n) is 3.74. The molecule has 0 N–H and O–H groups in total. The summed E-state index contributed by atoms with van der Waals surface area (Å²) in [6, 6.07) is 5.91. The molecular weight excluding hydrogens is 318 g/mol. The number of hydrogen-bond acceptors (Lipinski definition) is 3. The van der Waals surface area contributed by atoms with E-state index in [2.05, 4.69) is 34.7 Å². The first-order chi connectivity index (χ1) is 9.51. The Bertz CT molecular complexity index is 483. The lowest BCUT2D eigenvalue weighted by Gasteiger charge is -2.25. The molecule has 20 heavy (non-hydrogen) atoms. The molecule has 4 heteroatoms. The number of nitrogens with zero attached hydrogens (tertiary/aromatic N) is 1. The van der Waals surface area contributed by atoms with Gasteiger partial charge in [-0.25, -0.2) is 0 Å². The standard InChI is InChI=1S/C16H22BrNO2/c1-11(2)18(9-12-4-5-12)10-15(19)13-6-7-16(20-3)14(17)8-13/h6-8,11-12H,4-5,9-10H2,1-3H3. The van der Waals surface area contributed by atoms with Crippen molar-refractivity contribution in [2.45, 2.75) is 32.7 Å². The van der Waals surface area contributed by atoms with E-state index in [9.17, 15) is 4.79 Å². The van der Waals surface area contributed by atoms with Crippen molar-refractivity contribution in [3.8, 4) is 5.75 Å². The Hall–Kier alpha value is -0.870. The van der Waals surface area contributed by atoms with E-state index in [1.165, 1.54) is 12.8 Å². The number of Topliss-reactive ketones (excluding diaryl/α,β-unsaturated/α-hetero) is 1. The molecule has 0 heterocycles. The Kier molecular flexibility index (Phi) is 5.22. The average molecular weight is 340 g/mol. The second-order valence-electron chi connectivity index (χ2n) is 5.74. The molecule has 1 saturated carbocycles. The van der Waals surface area contributed by atoms with Crippen LogP contribution in [0, 0.1) is 5.92 Å². The molecule has 0 atom stereocenters. The molecule has 0 spiro atoms. The van der Waals surface area contributed by atoms with Gasteiger partial charge in [0.25, 0.3) is 0 Å². The number of benzene rings is 1. The zero-order valence-electron chi connectivity index (χ0n) is 12.4. The first-order valence-corrected chi connectivity index (χ1v) is 7.91. The second kappa shape index (κ2) is 6.72. The Labute approximate surface area is 129 Å². The van der Waals surface area contributed by atoms with Gasteiger partial charge < -0.3 is 4.74 Å². The molecule has 1 fully saturated rings. The van der Waals surface area contributed by atoms with Crippen LogP contribution in [0.25, 0.3) is 0 Å². The van der Waals surface area contributed by atoms with Gasteiger partial charge in [-0.3, -0.25) is 9.69 Å². The summed E-state index contributed by atoms with van der Waals surface area (Å²) in [4.78, 5) is 14.7. The molecule has 0 unspecified atom stereocenters. The molecule has 0 bridgehead atoms. The molecule has 1 aliphatic carbocycles. The molecule has 1 aromatic carbocycles. The van der Waals surface area contributed by atoms with Gasteiger partial charge in [-0.2, -0.15) is 0 Å². The normalized spacial score (nSPS) is 14.9. The van der Waals surface area contributed by atoms with E-state index >= 15 is 0 Å². The molecule has 2 rings (SSSR count). The molecule has 3 nitrogen and oxygen atoms in total. The summed E-state index contributed by atoms with van der Waals surface area (Å²) in [6.07, 6.45) is 2.62. The summed E-state index contributed by atoms with van der Waals surface area (Å²) in [7, 11) is 1.62. The summed E-state index contributed by atoms with van der Waals surface area (Å²) >= 11 is 3.43. The van der Waals surface area contributed by atoms with Crippen molar-refractivity contribution in [1.82, 2.24) is 4.90 Å². The summed E-state index contributed by atoms with van der Waals surface area (Å²) in [6.45, 7) is 5.84. The lowest BCUT2D eigenvalue weighted by Crippen LogP contribution is -2.37. The minimum atomic E-state index is 0.169. The largest absolute Gasteiger partial charge is 0.496 e. The molecule has 0 amide bonds. The van der Waals surface area contributed by atoms with Crippen LogP contribution >= 0.6 is 15.9 Å². The topological polar surface area (TPSA) is 29.5 Å². The van der Waals surface area contributed by atoms with Gasteiger partial charge in [0, 0.05) is 18.2 Å². The van der Waals surface area contributed by atoms with Crippen LogP contribution in [0.5, 0.6) is 5.75 Å². The SMILES string of the molecule is COc1ccc(C(=O)CN(CC2CC2)C(C)C)cc1Br. The summed E-state index contributed by atoms with van der Waals surface area (Å²) < 4.78 is 6.01. The van der Waals surface area contributed by atoms with Gasteiger partial charge in [-0.05, 0) is 66.7 Å². The number of ether oxygens (including phenoxy) is 1. The molecule has 0 aromatic heterocycles. The van der Waals surface area contributed by atoms with E-state index in [-0.39, 0.29) is 5.78 Å². The highest BCUT2D eigenvalue weighted by atomic mass is 79.9. The Morgan fingerprint density at radius 1 is 1.45 bits per heavy atom. The summed E-state index contributed by atoms with van der Waals surface area (Å²) in [5.41, 5.74) is 0.735. The monoisotopic (exact) mass is 339 g/mol. The number of carbonyl (C=O) groups excluding carboxylic acids is 1. The predicted molar refractivity (Wildman–Crippen MR) is 84.5 cm³/mol. The van der Waals surface area contributed by atoms with Crippen molar-refractivity contribution in [2.75, 3.05) is 20.2 Å². The number of rotatable bonds is 7. The lowest BCUT2D eigenvalue weighted by atomic mass is 10.1. The Morgan fingerprint density at radius 3 is 2.65 bits per heavy atom. The van der Waals surface area contributed by atoms with Crippen molar-refractivity contribution < 1.29 is 9.53 Å². The van der Waals surface area contributed by atoms with Crippen LogP contribution in [0.2, 0.25) is 0 Å². The number of ketones is 1. The van der Waals surface area contributed by atoms with Gasteiger partial charge >= 0.3 is 0 Å². The quantitative estimate of drug-likeness (QED) is 0.708. The van der Waals surface area contributed by atoms with Gasteiger partial charge in [-0.15, -0.1) is 0 Å². The highest BCUT2D eigenvalue weighted by Crippen LogP contribution is 2.30. The number of halogens is 1. The van der Waals surface area contributed by atoms with E-state index in [0.717, 1.165) is 28.2 Å². The van der Waals surface area contributed by atoms with E-state index < -0.39 is 0 Å². The number of methoxy groups -OCH3 is 1. The second-order valence-corrected chi connectivity index (χ2v) is 6.59. The van der Waals surface area contributed by atoms with Crippen LogP contribution in [-0.4, -0.2) is 36.9 Å². The van der Waals surface area contributed by atoms with Gasteiger partial charge in [0.2, 0.25) is 0 Å². The third-order valence-corrected chi connectivity index (χ3v) is 4.36. The van der Waals surface area contributed by atoms with Crippen LogP contribution in [-0.2, 0) is 0 Å². The summed E-state index contributed by atoms with van der Waals surface area (Å²) in [5, 5.41) is 0. The molecule has 1 aromatic rings. The maximum Gasteiger partial charge on any atom is 0.176 e.